The second kappa shape index (κ2) is 6.21. The van der Waals surface area contributed by atoms with Gasteiger partial charge in [0, 0.05) is 12.7 Å². The number of rotatable bonds is 1. The molecule has 0 radical (unpaired) electrons. The number of aromatic nitrogens is 2. The summed E-state index contributed by atoms with van der Waals surface area (Å²) in [6.07, 6.45) is 1.76. The van der Waals surface area contributed by atoms with E-state index in [0.29, 0.717) is 6.04 Å². The number of hydrogen-bond acceptors (Lipinski definition) is 3. The van der Waals surface area contributed by atoms with Crippen molar-refractivity contribution in [1.82, 2.24) is 15.5 Å². The van der Waals surface area contributed by atoms with Crippen molar-refractivity contribution in [3.05, 3.63) is 18.0 Å². The molecule has 1 aromatic heterocycles. The van der Waals surface area contributed by atoms with Crippen LogP contribution in [0.3, 0.4) is 0 Å². The molecule has 1 atom stereocenters. The van der Waals surface area contributed by atoms with Crippen LogP contribution in [-0.4, -0.2) is 30.0 Å². The van der Waals surface area contributed by atoms with Crippen molar-refractivity contribution in [2.24, 2.45) is 0 Å². The first-order valence-electron chi connectivity index (χ1n) is 3.77. The average molecular weight is 226 g/mol. The Balaban J connectivity index is 0.000000720. The lowest BCUT2D eigenvalue weighted by Gasteiger charge is -2.22. The molecule has 0 spiro atoms. The fourth-order valence-electron chi connectivity index (χ4n) is 1.23. The lowest BCUT2D eigenvalue weighted by molar-refractivity contribution is 0.0756. The Morgan fingerprint density at radius 2 is 2.31 bits per heavy atom. The molecular formula is C7H13Cl2N3O. The van der Waals surface area contributed by atoms with Gasteiger partial charge in [-0.3, -0.25) is 5.10 Å². The van der Waals surface area contributed by atoms with Gasteiger partial charge in [-0.25, -0.2) is 0 Å². The van der Waals surface area contributed by atoms with Crippen LogP contribution in [0.4, 0.5) is 0 Å². The van der Waals surface area contributed by atoms with Crippen LogP contribution < -0.4 is 5.32 Å². The maximum absolute atomic E-state index is 5.30. The maximum Gasteiger partial charge on any atom is 0.0727 e. The van der Waals surface area contributed by atoms with Crippen LogP contribution in [0.15, 0.2) is 12.3 Å². The largest absolute Gasteiger partial charge is 0.378 e. The monoisotopic (exact) mass is 225 g/mol. The fraction of sp³-hybridized carbons (Fsp3) is 0.571. The predicted molar refractivity (Wildman–Crippen MR) is 54.6 cm³/mol. The van der Waals surface area contributed by atoms with E-state index in [4.69, 9.17) is 4.74 Å². The SMILES string of the molecule is Cl.Cl.c1cc(C2COCCN2)[nH]n1. The molecular weight excluding hydrogens is 213 g/mol. The third-order valence-corrected chi connectivity index (χ3v) is 1.82. The summed E-state index contributed by atoms with van der Waals surface area (Å²) in [6, 6.07) is 2.26. The van der Waals surface area contributed by atoms with Crippen molar-refractivity contribution in [2.45, 2.75) is 6.04 Å². The van der Waals surface area contributed by atoms with E-state index in [2.05, 4.69) is 15.5 Å². The normalized spacial score (nSPS) is 21.4. The van der Waals surface area contributed by atoms with Gasteiger partial charge in [0.15, 0.2) is 0 Å². The number of nitrogens with one attached hydrogen (secondary N) is 2. The van der Waals surface area contributed by atoms with Gasteiger partial charge >= 0.3 is 0 Å². The number of nitrogens with zero attached hydrogens (tertiary/aromatic N) is 1. The Morgan fingerprint density at radius 1 is 1.46 bits per heavy atom. The third kappa shape index (κ3) is 3.15. The van der Waals surface area contributed by atoms with Gasteiger partial charge < -0.3 is 10.1 Å². The summed E-state index contributed by atoms with van der Waals surface area (Å²) in [4.78, 5) is 0. The van der Waals surface area contributed by atoms with Gasteiger partial charge in [0.25, 0.3) is 0 Å². The summed E-state index contributed by atoms with van der Waals surface area (Å²) in [7, 11) is 0. The van der Waals surface area contributed by atoms with Gasteiger partial charge in [0.05, 0.1) is 24.9 Å². The summed E-state index contributed by atoms with van der Waals surface area (Å²) in [5.74, 6) is 0. The number of morpholine rings is 1. The predicted octanol–water partition coefficient (Wildman–Crippen LogP) is 0.914. The highest BCUT2D eigenvalue weighted by Crippen LogP contribution is 2.11. The zero-order valence-corrected chi connectivity index (χ0v) is 8.66. The number of hydrogen-bond donors (Lipinski definition) is 2. The Hall–Kier alpha value is -0.290. The maximum atomic E-state index is 5.30. The highest BCUT2D eigenvalue weighted by molar-refractivity contribution is 5.85. The van der Waals surface area contributed by atoms with Crippen molar-refractivity contribution >= 4 is 24.8 Å². The first-order valence-corrected chi connectivity index (χ1v) is 3.77. The van der Waals surface area contributed by atoms with Gasteiger partial charge in [-0.05, 0) is 6.07 Å². The van der Waals surface area contributed by atoms with Gasteiger partial charge in [-0.15, -0.1) is 24.8 Å². The molecule has 6 heteroatoms. The van der Waals surface area contributed by atoms with Gasteiger partial charge in [0.1, 0.15) is 0 Å². The van der Waals surface area contributed by atoms with E-state index in [1.807, 2.05) is 6.07 Å². The first kappa shape index (κ1) is 12.7. The molecule has 2 N–H and O–H groups in total. The summed E-state index contributed by atoms with van der Waals surface area (Å²) in [5.41, 5.74) is 1.10. The van der Waals surface area contributed by atoms with E-state index in [1.165, 1.54) is 0 Å². The summed E-state index contributed by atoms with van der Waals surface area (Å²) in [5, 5.41) is 10.1. The molecule has 13 heavy (non-hydrogen) atoms. The first-order chi connectivity index (χ1) is 5.47. The fourth-order valence-corrected chi connectivity index (χ4v) is 1.23. The van der Waals surface area contributed by atoms with E-state index in [0.717, 1.165) is 25.5 Å². The van der Waals surface area contributed by atoms with E-state index in [1.54, 1.807) is 6.20 Å². The lowest BCUT2D eigenvalue weighted by atomic mass is 10.2. The lowest BCUT2D eigenvalue weighted by Crippen LogP contribution is -2.34. The summed E-state index contributed by atoms with van der Waals surface area (Å²) in [6.45, 7) is 2.47. The number of H-pyrrole nitrogens is 1. The molecule has 0 aliphatic carbocycles. The van der Waals surface area contributed by atoms with E-state index >= 15 is 0 Å². The van der Waals surface area contributed by atoms with E-state index in [-0.39, 0.29) is 24.8 Å². The Morgan fingerprint density at radius 3 is 2.85 bits per heavy atom. The minimum absolute atomic E-state index is 0. The highest BCUT2D eigenvalue weighted by Gasteiger charge is 2.15. The smallest absolute Gasteiger partial charge is 0.0727 e. The molecule has 2 heterocycles. The Bertz CT molecular complexity index is 212. The number of ether oxygens (including phenoxy) is 1. The zero-order chi connectivity index (χ0) is 7.52. The van der Waals surface area contributed by atoms with Crippen LogP contribution in [-0.2, 0) is 4.74 Å². The van der Waals surface area contributed by atoms with Gasteiger partial charge in [-0.2, -0.15) is 5.10 Å². The summed E-state index contributed by atoms with van der Waals surface area (Å²) < 4.78 is 5.30. The van der Waals surface area contributed by atoms with Crippen molar-refractivity contribution < 1.29 is 4.74 Å². The second-order valence-corrected chi connectivity index (χ2v) is 2.59. The van der Waals surface area contributed by atoms with Crippen molar-refractivity contribution in [1.29, 1.82) is 0 Å². The van der Waals surface area contributed by atoms with E-state index in [9.17, 15) is 0 Å². The zero-order valence-electron chi connectivity index (χ0n) is 7.03. The minimum atomic E-state index is 0. The van der Waals surface area contributed by atoms with Crippen LogP contribution in [0.5, 0.6) is 0 Å². The highest BCUT2D eigenvalue weighted by atomic mass is 35.5. The topological polar surface area (TPSA) is 49.9 Å². The third-order valence-electron chi connectivity index (χ3n) is 1.82. The molecule has 2 rings (SSSR count). The molecule has 0 amide bonds. The Kier molecular flexibility index (Phi) is 6.07. The quantitative estimate of drug-likeness (QED) is 0.748. The molecule has 1 aliphatic rings. The van der Waals surface area contributed by atoms with Crippen LogP contribution in [0.1, 0.15) is 11.7 Å². The molecule has 1 unspecified atom stereocenters. The molecule has 1 fully saturated rings. The molecule has 0 saturated carbocycles. The Labute approximate surface area is 89.3 Å². The molecule has 76 valence electrons. The second-order valence-electron chi connectivity index (χ2n) is 2.59. The van der Waals surface area contributed by atoms with Crippen LogP contribution in [0.25, 0.3) is 0 Å². The molecule has 0 aromatic carbocycles. The summed E-state index contributed by atoms with van der Waals surface area (Å²) >= 11 is 0. The average Bonchev–Trinajstić information content (AvgIpc) is 2.58. The molecule has 1 aliphatic heterocycles. The van der Waals surface area contributed by atoms with E-state index < -0.39 is 0 Å². The number of halogens is 2. The van der Waals surface area contributed by atoms with Crippen molar-refractivity contribution in [2.75, 3.05) is 19.8 Å². The van der Waals surface area contributed by atoms with Crippen LogP contribution in [0, 0.1) is 0 Å². The van der Waals surface area contributed by atoms with Crippen molar-refractivity contribution in [3.8, 4) is 0 Å². The van der Waals surface area contributed by atoms with Gasteiger partial charge in [-0.1, -0.05) is 0 Å². The van der Waals surface area contributed by atoms with Crippen LogP contribution in [0.2, 0.25) is 0 Å². The molecule has 0 bridgehead atoms. The molecule has 1 saturated heterocycles. The van der Waals surface area contributed by atoms with Crippen molar-refractivity contribution in [3.63, 3.8) is 0 Å². The minimum Gasteiger partial charge on any atom is -0.378 e. The van der Waals surface area contributed by atoms with Gasteiger partial charge in [0.2, 0.25) is 0 Å². The number of aromatic amines is 1. The standard InChI is InChI=1S/C7H11N3O.2ClH/c1-2-9-10-6(1)7-5-11-4-3-8-7;;/h1-2,7-8H,3-5H2,(H,9,10);2*1H. The van der Waals surface area contributed by atoms with Crippen LogP contribution >= 0.6 is 24.8 Å². The molecule has 4 nitrogen and oxygen atoms in total. The molecule has 1 aromatic rings.